The lowest BCUT2D eigenvalue weighted by Gasteiger charge is -2.49. The highest BCUT2D eigenvalue weighted by molar-refractivity contribution is 6.31. The van der Waals surface area contributed by atoms with E-state index >= 15 is 0 Å². The van der Waals surface area contributed by atoms with E-state index in [2.05, 4.69) is 36.9 Å². The van der Waals surface area contributed by atoms with Gasteiger partial charge in [-0.05, 0) is 93.8 Å². The van der Waals surface area contributed by atoms with E-state index in [1.165, 1.54) is 70.9 Å². The van der Waals surface area contributed by atoms with Crippen molar-refractivity contribution in [2.75, 3.05) is 43.5 Å². The molecule has 2 aromatic rings. The Labute approximate surface area is 249 Å². The Morgan fingerprint density at radius 2 is 1.76 bits per heavy atom. The highest BCUT2D eigenvalue weighted by Gasteiger charge is 2.41. The van der Waals surface area contributed by atoms with Crippen molar-refractivity contribution < 1.29 is 4.74 Å². The van der Waals surface area contributed by atoms with Crippen LogP contribution in [0, 0.1) is 29.1 Å². The zero-order valence-electron chi connectivity index (χ0n) is 24.0. The molecule has 4 aliphatic rings. The molecular formula is C32H44ClN7O. The van der Waals surface area contributed by atoms with Crippen LogP contribution in [0.5, 0.6) is 0 Å². The van der Waals surface area contributed by atoms with Crippen LogP contribution in [0.25, 0.3) is 0 Å². The van der Waals surface area contributed by atoms with Crippen LogP contribution < -0.4 is 16.0 Å². The molecule has 0 spiro atoms. The fourth-order valence-corrected chi connectivity index (χ4v) is 8.00. The molecule has 2 aliphatic heterocycles. The van der Waals surface area contributed by atoms with Crippen molar-refractivity contribution in [3.05, 3.63) is 46.6 Å². The predicted molar refractivity (Wildman–Crippen MR) is 163 cm³/mol. The molecule has 220 valence electrons. The average Bonchev–Trinajstić information content (AvgIpc) is 3.00. The first-order chi connectivity index (χ1) is 20.2. The molecular weight excluding hydrogens is 534 g/mol. The summed E-state index contributed by atoms with van der Waals surface area (Å²) in [5.74, 6) is 3.21. The second-order valence-electron chi connectivity index (χ2n) is 12.5. The maximum absolute atomic E-state index is 9.68. The van der Waals surface area contributed by atoms with Gasteiger partial charge in [0.15, 0.2) is 0 Å². The zero-order valence-corrected chi connectivity index (χ0v) is 24.8. The molecule has 0 radical (unpaired) electrons. The van der Waals surface area contributed by atoms with Gasteiger partial charge in [-0.25, -0.2) is 4.98 Å². The van der Waals surface area contributed by atoms with Gasteiger partial charge in [-0.2, -0.15) is 10.2 Å². The third-order valence-electron chi connectivity index (χ3n) is 9.96. The van der Waals surface area contributed by atoms with E-state index in [9.17, 15) is 5.26 Å². The third-order valence-corrected chi connectivity index (χ3v) is 10.3. The lowest BCUT2D eigenvalue weighted by Crippen LogP contribution is -2.56. The summed E-state index contributed by atoms with van der Waals surface area (Å²) in [6.07, 6.45) is 13.1. The molecule has 1 aromatic carbocycles. The molecule has 4 fully saturated rings. The molecule has 9 heteroatoms. The Morgan fingerprint density at radius 3 is 2.49 bits per heavy atom. The van der Waals surface area contributed by atoms with Crippen LogP contribution in [0.1, 0.15) is 68.9 Å². The van der Waals surface area contributed by atoms with Crippen molar-refractivity contribution in [3.63, 3.8) is 0 Å². The van der Waals surface area contributed by atoms with E-state index in [-0.39, 0.29) is 0 Å². The predicted octanol–water partition coefficient (Wildman–Crippen LogP) is 5.45. The van der Waals surface area contributed by atoms with Crippen molar-refractivity contribution in [1.82, 2.24) is 20.2 Å². The molecule has 8 nitrogen and oxygen atoms in total. The number of fused-ring (bicyclic) bond motifs is 2. The summed E-state index contributed by atoms with van der Waals surface area (Å²) in [6, 6.07) is 12.0. The zero-order chi connectivity index (χ0) is 28.0. The lowest BCUT2D eigenvalue weighted by molar-refractivity contribution is 0.0185. The van der Waals surface area contributed by atoms with E-state index < -0.39 is 0 Å². The topological polar surface area (TPSA) is 98.1 Å². The van der Waals surface area contributed by atoms with Crippen LogP contribution in [0.3, 0.4) is 0 Å². The second kappa shape index (κ2) is 13.7. The van der Waals surface area contributed by atoms with Gasteiger partial charge in [0, 0.05) is 49.5 Å². The van der Waals surface area contributed by atoms with E-state index in [4.69, 9.17) is 16.3 Å². The maximum atomic E-state index is 9.68. The number of nitrogens with one attached hydrogen (secondary N) is 3. The van der Waals surface area contributed by atoms with Crippen LogP contribution >= 0.6 is 11.6 Å². The summed E-state index contributed by atoms with van der Waals surface area (Å²) in [5, 5.41) is 21.4. The monoisotopic (exact) mass is 577 g/mol. The van der Waals surface area contributed by atoms with Gasteiger partial charge in [0.25, 0.3) is 0 Å². The normalized spacial score (nSPS) is 27.7. The minimum absolute atomic E-state index is 0.482. The van der Waals surface area contributed by atoms with E-state index in [0.29, 0.717) is 46.9 Å². The van der Waals surface area contributed by atoms with Crippen molar-refractivity contribution >= 4 is 23.4 Å². The van der Waals surface area contributed by atoms with Crippen LogP contribution in [0.4, 0.5) is 11.8 Å². The Morgan fingerprint density at radius 1 is 1.00 bits per heavy atom. The summed E-state index contributed by atoms with van der Waals surface area (Å²) in [6.45, 7) is 5.69. The Balaban J connectivity index is 1.01. The summed E-state index contributed by atoms with van der Waals surface area (Å²) in [7, 11) is 0. The van der Waals surface area contributed by atoms with Crippen molar-refractivity contribution in [2.24, 2.45) is 17.8 Å². The number of likely N-dealkylation sites (tertiary alicyclic amines) is 1. The van der Waals surface area contributed by atoms with Gasteiger partial charge in [-0.3, -0.25) is 0 Å². The minimum atomic E-state index is 0.482. The number of nitrogens with zero attached hydrogens (tertiary/aromatic N) is 4. The molecule has 2 unspecified atom stereocenters. The van der Waals surface area contributed by atoms with Crippen LogP contribution in [0.2, 0.25) is 5.02 Å². The number of aromatic nitrogens is 2. The highest BCUT2D eigenvalue weighted by Crippen LogP contribution is 2.43. The lowest BCUT2D eigenvalue weighted by atomic mass is 9.64. The van der Waals surface area contributed by atoms with Gasteiger partial charge in [0.1, 0.15) is 17.5 Å². The van der Waals surface area contributed by atoms with Gasteiger partial charge < -0.3 is 25.6 Å². The minimum Gasteiger partial charge on any atom is -0.381 e. The quantitative estimate of drug-likeness (QED) is 0.362. The molecule has 6 rings (SSSR count). The molecule has 2 saturated carbocycles. The van der Waals surface area contributed by atoms with Gasteiger partial charge in [0.05, 0.1) is 6.20 Å². The largest absolute Gasteiger partial charge is 0.381 e. The van der Waals surface area contributed by atoms with Crippen LogP contribution in [0.15, 0.2) is 30.5 Å². The van der Waals surface area contributed by atoms with Crippen LogP contribution in [-0.2, 0) is 11.3 Å². The van der Waals surface area contributed by atoms with E-state index in [0.717, 1.165) is 43.2 Å². The fourth-order valence-electron chi connectivity index (χ4n) is 7.80. The first-order valence-electron chi connectivity index (χ1n) is 15.7. The number of piperidine rings is 1. The van der Waals surface area contributed by atoms with Crippen molar-refractivity contribution in [1.29, 1.82) is 5.26 Å². The van der Waals surface area contributed by atoms with E-state index in [1.54, 1.807) is 6.20 Å². The molecule has 4 atom stereocenters. The molecule has 41 heavy (non-hydrogen) atoms. The van der Waals surface area contributed by atoms with Crippen molar-refractivity contribution in [3.8, 4) is 6.07 Å². The molecule has 1 aromatic heterocycles. The SMILES string of the molecule is N#Cc1cnc(NCc2ccccc2Cl)nc1NCC1C[C@H]2CCC[C@@H](C1)C2NC1CCN(C2CCOCC2)CC1. The number of rotatable bonds is 9. The summed E-state index contributed by atoms with van der Waals surface area (Å²) in [4.78, 5) is 11.7. The first kappa shape index (κ1) is 28.7. The molecule has 3 heterocycles. The number of anilines is 2. The summed E-state index contributed by atoms with van der Waals surface area (Å²) < 4.78 is 5.58. The molecule has 2 bridgehead atoms. The average molecular weight is 578 g/mol. The maximum Gasteiger partial charge on any atom is 0.224 e. The molecule has 2 saturated heterocycles. The van der Waals surface area contributed by atoms with Gasteiger partial charge in [-0.1, -0.05) is 36.2 Å². The summed E-state index contributed by atoms with van der Waals surface area (Å²) >= 11 is 6.30. The number of hydrogen-bond acceptors (Lipinski definition) is 8. The molecule has 0 amide bonds. The molecule has 2 aliphatic carbocycles. The van der Waals surface area contributed by atoms with Gasteiger partial charge >= 0.3 is 0 Å². The van der Waals surface area contributed by atoms with Crippen molar-refractivity contribution in [2.45, 2.75) is 82.5 Å². The number of ether oxygens (including phenoxy) is 1. The second-order valence-corrected chi connectivity index (χ2v) is 12.9. The molecule has 3 N–H and O–H groups in total. The van der Waals surface area contributed by atoms with Crippen LogP contribution in [-0.4, -0.2) is 65.8 Å². The number of benzene rings is 1. The fraction of sp³-hybridized carbons (Fsp3) is 0.656. The Bertz CT molecular complexity index is 1180. The highest BCUT2D eigenvalue weighted by atomic mass is 35.5. The standard InChI is InChI=1S/C32H44ClN7O/c33-29-7-2-1-4-25(29)20-36-32-37-21-26(18-34)31(39-32)35-19-22-16-23-5-3-6-24(17-22)30(23)38-27-8-12-40(13-9-27)28-10-14-41-15-11-28/h1-2,4,7,21-24,27-28,30,38H,3,5-6,8-17,19-20H2,(H2,35,36,37,39)/t22?,23-,24+,30?. The number of nitriles is 1. The van der Waals surface area contributed by atoms with Gasteiger partial charge in [0.2, 0.25) is 5.95 Å². The number of halogens is 1. The number of hydrogen-bond donors (Lipinski definition) is 3. The van der Waals surface area contributed by atoms with Gasteiger partial charge in [-0.15, -0.1) is 0 Å². The smallest absolute Gasteiger partial charge is 0.224 e. The Hall–Kier alpha value is -2.44. The van der Waals surface area contributed by atoms with E-state index in [1.807, 2.05) is 24.3 Å². The third kappa shape index (κ3) is 7.14. The first-order valence-corrected chi connectivity index (χ1v) is 16.1. The summed E-state index contributed by atoms with van der Waals surface area (Å²) in [5.41, 5.74) is 1.47. The Kier molecular flexibility index (Phi) is 9.57.